The van der Waals surface area contributed by atoms with Crippen LogP contribution in [0.2, 0.25) is 0 Å². The van der Waals surface area contributed by atoms with Gasteiger partial charge >= 0.3 is 0 Å². The highest BCUT2D eigenvalue weighted by atomic mass is 32.2. The molecule has 25 heavy (non-hydrogen) atoms. The standard InChI is InChI=1S/C16H26N6O2S/c1-4-5-21-13(2)14(9-17-21)11-20-6-7-22-16(12-20)8-15(19-22)10-18-25(3,23)24/h8-9,18H,4-7,10-12H2,1-3H3. The van der Waals surface area contributed by atoms with Crippen molar-refractivity contribution in [3.63, 3.8) is 0 Å². The zero-order valence-corrected chi connectivity index (χ0v) is 15.9. The molecule has 0 atom stereocenters. The van der Waals surface area contributed by atoms with Gasteiger partial charge in [-0.1, -0.05) is 6.92 Å². The third kappa shape index (κ3) is 4.47. The lowest BCUT2D eigenvalue weighted by atomic mass is 10.2. The molecule has 1 aliphatic heterocycles. The molecule has 0 bridgehead atoms. The molecule has 3 rings (SSSR count). The summed E-state index contributed by atoms with van der Waals surface area (Å²) in [5.41, 5.74) is 4.38. The number of hydrogen-bond donors (Lipinski definition) is 1. The van der Waals surface area contributed by atoms with Crippen LogP contribution in [0, 0.1) is 6.92 Å². The fourth-order valence-corrected chi connectivity index (χ4v) is 3.54. The molecule has 8 nitrogen and oxygen atoms in total. The minimum Gasteiger partial charge on any atom is -0.291 e. The van der Waals surface area contributed by atoms with E-state index in [1.165, 1.54) is 11.3 Å². The van der Waals surface area contributed by atoms with E-state index in [4.69, 9.17) is 0 Å². The summed E-state index contributed by atoms with van der Waals surface area (Å²) >= 11 is 0. The van der Waals surface area contributed by atoms with E-state index in [0.29, 0.717) is 0 Å². The second kappa shape index (κ2) is 7.27. The Kier molecular flexibility index (Phi) is 5.26. The first-order valence-corrected chi connectivity index (χ1v) is 10.5. The van der Waals surface area contributed by atoms with Crippen LogP contribution in [-0.4, -0.2) is 45.7 Å². The van der Waals surface area contributed by atoms with Gasteiger partial charge in [-0.25, -0.2) is 13.1 Å². The molecule has 0 radical (unpaired) electrons. The number of nitrogens with one attached hydrogen (secondary N) is 1. The summed E-state index contributed by atoms with van der Waals surface area (Å²) in [7, 11) is -3.20. The SMILES string of the molecule is CCCn1ncc(CN2CCn3nc(CNS(C)(=O)=O)cc3C2)c1C. The minimum absolute atomic E-state index is 0.238. The van der Waals surface area contributed by atoms with Gasteiger partial charge in [-0.2, -0.15) is 10.2 Å². The Morgan fingerprint density at radius 3 is 2.84 bits per heavy atom. The summed E-state index contributed by atoms with van der Waals surface area (Å²) in [6.07, 6.45) is 4.21. The molecule has 0 aromatic carbocycles. The third-order valence-corrected chi connectivity index (χ3v) is 5.15. The molecular formula is C16H26N6O2S. The highest BCUT2D eigenvalue weighted by molar-refractivity contribution is 7.88. The zero-order chi connectivity index (χ0) is 18.0. The lowest BCUT2D eigenvalue weighted by Gasteiger charge is -2.27. The van der Waals surface area contributed by atoms with Gasteiger partial charge in [0.25, 0.3) is 0 Å². The van der Waals surface area contributed by atoms with Gasteiger partial charge in [0.1, 0.15) is 0 Å². The predicted octanol–water partition coefficient (Wildman–Crippen LogP) is 0.863. The van der Waals surface area contributed by atoms with E-state index in [9.17, 15) is 8.42 Å². The monoisotopic (exact) mass is 366 g/mol. The highest BCUT2D eigenvalue weighted by Gasteiger charge is 2.20. The van der Waals surface area contributed by atoms with Crippen LogP contribution >= 0.6 is 0 Å². The molecule has 9 heteroatoms. The largest absolute Gasteiger partial charge is 0.291 e. The van der Waals surface area contributed by atoms with Gasteiger partial charge in [0.15, 0.2) is 0 Å². The maximum Gasteiger partial charge on any atom is 0.209 e. The zero-order valence-electron chi connectivity index (χ0n) is 15.1. The quantitative estimate of drug-likeness (QED) is 0.786. The average molecular weight is 366 g/mol. The Morgan fingerprint density at radius 1 is 1.32 bits per heavy atom. The summed E-state index contributed by atoms with van der Waals surface area (Å²) in [4.78, 5) is 2.38. The molecule has 0 amide bonds. The first-order valence-electron chi connectivity index (χ1n) is 8.59. The van der Waals surface area contributed by atoms with E-state index < -0.39 is 10.0 Å². The summed E-state index contributed by atoms with van der Waals surface area (Å²) < 4.78 is 29.0. The number of rotatable bonds is 7. The van der Waals surface area contributed by atoms with Crippen LogP contribution in [0.4, 0.5) is 0 Å². The molecular weight excluding hydrogens is 340 g/mol. The van der Waals surface area contributed by atoms with Crippen molar-refractivity contribution < 1.29 is 8.42 Å². The molecule has 0 unspecified atom stereocenters. The molecule has 2 aromatic heterocycles. The van der Waals surface area contributed by atoms with E-state index in [1.807, 2.05) is 16.9 Å². The van der Waals surface area contributed by atoms with Crippen LogP contribution in [-0.2, 0) is 42.7 Å². The van der Waals surface area contributed by atoms with Crippen LogP contribution < -0.4 is 4.72 Å². The van der Waals surface area contributed by atoms with E-state index >= 15 is 0 Å². The lowest BCUT2D eigenvalue weighted by molar-refractivity contribution is 0.204. The second-order valence-corrected chi connectivity index (χ2v) is 8.47. The number of sulfonamides is 1. The van der Waals surface area contributed by atoms with Gasteiger partial charge < -0.3 is 0 Å². The number of fused-ring (bicyclic) bond motifs is 1. The number of aryl methyl sites for hydroxylation is 1. The Bertz CT molecular complexity index is 839. The molecule has 1 aliphatic rings. The first-order chi connectivity index (χ1) is 11.9. The molecule has 138 valence electrons. The highest BCUT2D eigenvalue weighted by Crippen LogP contribution is 2.18. The van der Waals surface area contributed by atoms with E-state index in [0.717, 1.165) is 56.8 Å². The maximum absolute atomic E-state index is 11.2. The van der Waals surface area contributed by atoms with Crippen molar-refractivity contribution >= 4 is 10.0 Å². The minimum atomic E-state index is -3.20. The summed E-state index contributed by atoms with van der Waals surface area (Å²) in [6, 6.07) is 1.98. The van der Waals surface area contributed by atoms with Gasteiger partial charge in [0.2, 0.25) is 10.0 Å². The van der Waals surface area contributed by atoms with Crippen molar-refractivity contribution in [2.45, 2.75) is 53.0 Å². The van der Waals surface area contributed by atoms with Gasteiger partial charge in [-0.05, 0) is 19.4 Å². The van der Waals surface area contributed by atoms with Gasteiger partial charge in [0.05, 0.1) is 36.9 Å². The first kappa shape index (κ1) is 18.1. The molecule has 1 N–H and O–H groups in total. The van der Waals surface area contributed by atoms with E-state index in [-0.39, 0.29) is 6.54 Å². The van der Waals surface area contributed by atoms with Crippen molar-refractivity contribution in [2.75, 3.05) is 12.8 Å². The average Bonchev–Trinajstić information content (AvgIpc) is 3.10. The molecule has 0 saturated carbocycles. The van der Waals surface area contributed by atoms with Gasteiger partial charge in [0, 0.05) is 37.4 Å². The Hall–Kier alpha value is -1.71. The van der Waals surface area contributed by atoms with Crippen LogP contribution in [0.15, 0.2) is 12.3 Å². The van der Waals surface area contributed by atoms with Gasteiger partial charge in [-0.15, -0.1) is 0 Å². The van der Waals surface area contributed by atoms with Crippen molar-refractivity contribution in [1.82, 2.24) is 29.2 Å². The fraction of sp³-hybridized carbons (Fsp3) is 0.625. The molecule has 3 heterocycles. The summed E-state index contributed by atoms with van der Waals surface area (Å²) in [5.74, 6) is 0. The van der Waals surface area contributed by atoms with Crippen molar-refractivity contribution in [2.24, 2.45) is 0 Å². The Morgan fingerprint density at radius 2 is 2.12 bits per heavy atom. The second-order valence-electron chi connectivity index (χ2n) is 6.63. The maximum atomic E-state index is 11.2. The topological polar surface area (TPSA) is 85.1 Å². The Labute approximate surface area is 148 Å². The van der Waals surface area contributed by atoms with E-state index in [2.05, 4.69) is 38.3 Å². The third-order valence-electron chi connectivity index (χ3n) is 4.48. The number of aromatic nitrogens is 4. The molecule has 2 aromatic rings. The van der Waals surface area contributed by atoms with E-state index in [1.54, 1.807) is 0 Å². The fourth-order valence-electron chi connectivity index (χ4n) is 3.13. The normalized spacial score (nSPS) is 15.5. The number of hydrogen-bond acceptors (Lipinski definition) is 5. The van der Waals surface area contributed by atoms with Crippen LogP contribution in [0.25, 0.3) is 0 Å². The van der Waals surface area contributed by atoms with Crippen LogP contribution in [0.1, 0.15) is 36.0 Å². The summed E-state index contributed by atoms with van der Waals surface area (Å²) in [5, 5.41) is 8.96. The Balaban J connectivity index is 1.64. The van der Waals surface area contributed by atoms with Crippen molar-refractivity contribution in [1.29, 1.82) is 0 Å². The molecule has 0 spiro atoms. The van der Waals surface area contributed by atoms with Crippen molar-refractivity contribution in [3.8, 4) is 0 Å². The smallest absolute Gasteiger partial charge is 0.209 e. The molecule has 0 saturated heterocycles. The lowest BCUT2D eigenvalue weighted by Crippen LogP contribution is -2.33. The van der Waals surface area contributed by atoms with Crippen LogP contribution in [0.5, 0.6) is 0 Å². The van der Waals surface area contributed by atoms with Crippen molar-refractivity contribution in [3.05, 3.63) is 34.9 Å². The molecule has 0 fully saturated rings. The van der Waals surface area contributed by atoms with Gasteiger partial charge in [-0.3, -0.25) is 14.3 Å². The number of nitrogens with zero attached hydrogens (tertiary/aromatic N) is 5. The van der Waals surface area contributed by atoms with Crippen LogP contribution in [0.3, 0.4) is 0 Å². The summed E-state index contributed by atoms with van der Waals surface area (Å²) in [6.45, 7) is 8.89. The molecule has 0 aliphatic carbocycles. The predicted molar refractivity (Wildman–Crippen MR) is 95.3 cm³/mol.